The summed E-state index contributed by atoms with van der Waals surface area (Å²) in [4.78, 5) is 0. The fraction of sp³-hybridized carbons (Fsp3) is 0.882. The Hall–Kier alpha value is -0.740. The Kier molecular flexibility index (Phi) is 15.1. The summed E-state index contributed by atoms with van der Waals surface area (Å²) in [6, 6.07) is 0. The third kappa shape index (κ3) is 15.5. The molecule has 0 saturated carbocycles. The van der Waals surface area contributed by atoms with E-state index in [4.69, 9.17) is 14.6 Å². The van der Waals surface area contributed by atoms with Gasteiger partial charge in [0.05, 0.1) is 7.11 Å². The molecule has 0 aromatic rings. The van der Waals surface area contributed by atoms with E-state index in [-0.39, 0.29) is 12.2 Å². The van der Waals surface area contributed by atoms with E-state index in [0.717, 1.165) is 25.9 Å². The second-order valence-corrected chi connectivity index (χ2v) is 5.26. The van der Waals surface area contributed by atoms with Gasteiger partial charge >= 0.3 is 0 Å². The summed E-state index contributed by atoms with van der Waals surface area (Å²) in [6.45, 7) is 5.44. The molecule has 0 aromatic heterocycles. The average Bonchev–Trinajstić information content (AvgIpc) is 2.48. The molecule has 4 nitrogen and oxygen atoms in total. The maximum atomic E-state index is 9.09. The Morgan fingerprint density at radius 2 is 1.52 bits per heavy atom. The molecule has 0 fully saturated rings. The Morgan fingerprint density at radius 3 is 2.10 bits per heavy atom. The topological polar surface area (TPSA) is 47.9 Å². The van der Waals surface area contributed by atoms with Gasteiger partial charge in [-0.2, -0.15) is 0 Å². The normalized spacial score (nSPS) is 13.4. The molecule has 4 heteroatoms. The molecule has 0 saturated heterocycles. The van der Waals surface area contributed by atoms with Crippen molar-refractivity contribution in [1.29, 1.82) is 0 Å². The predicted molar refractivity (Wildman–Crippen MR) is 86.3 cm³/mol. The van der Waals surface area contributed by atoms with Crippen LogP contribution < -0.4 is 0 Å². The molecule has 0 aromatic carbocycles. The molecule has 0 amide bonds. The van der Waals surface area contributed by atoms with Crippen LogP contribution in [0.1, 0.15) is 71.6 Å². The summed E-state index contributed by atoms with van der Waals surface area (Å²) < 4.78 is 15.5. The lowest BCUT2D eigenvalue weighted by Crippen LogP contribution is -2.13. The molecule has 1 atom stereocenters. The van der Waals surface area contributed by atoms with Gasteiger partial charge in [0, 0.05) is 13.2 Å². The number of rotatable bonds is 15. The van der Waals surface area contributed by atoms with Crippen LogP contribution in [0.2, 0.25) is 0 Å². The van der Waals surface area contributed by atoms with Crippen LogP contribution in [0.5, 0.6) is 0 Å². The number of ether oxygens (including phenoxy) is 3. The molecule has 0 bridgehead atoms. The minimum Gasteiger partial charge on any atom is -0.481 e. The maximum Gasteiger partial charge on any atom is 0.272 e. The maximum absolute atomic E-state index is 9.09. The highest BCUT2D eigenvalue weighted by Gasteiger charge is 1.99. The zero-order valence-electron chi connectivity index (χ0n) is 14.1. The van der Waals surface area contributed by atoms with Crippen molar-refractivity contribution in [1.82, 2.24) is 0 Å². The predicted octanol–water partition coefficient (Wildman–Crippen LogP) is 4.94. The highest BCUT2D eigenvalue weighted by molar-refractivity contribution is 4.80. The molecule has 126 valence electrons. The van der Waals surface area contributed by atoms with E-state index in [9.17, 15) is 0 Å². The van der Waals surface area contributed by atoms with E-state index in [2.05, 4.69) is 4.74 Å². The molecule has 1 N–H and O–H groups in total. The van der Waals surface area contributed by atoms with Gasteiger partial charge in [0.15, 0.2) is 6.29 Å². The van der Waals surface area contributed by atoms with Crippen LogP contribution >= 0.6 is 0 Å². The lowest BCUT2D eigenvalue weighted by Gasteiger charge is -2.12. The van der Waals surface area contributed by atoms with Crippen molar-refractivity contribution in [2.24, 2.45) is 0 Å². The highest BCUT2D eigenvalue weighted by Crippen LogP contribution is 2.10. The van der Waals surface area contributed by atoms with E-state index >= 15 is 0 Å². The molecule has 0 aliphatic carbocycles. The van der Waals surface area contributed by atoms with Crippen molar-refractivity contribution in [2.75, 3.05) is 20.3 Å². The van der Waals surface area contributed by atoms with Crippen molar-refractivity contribution in [3.8, 4) is 0 Å². The summed E-state index contributed by atoms with van der Waals surface area (Å²) >= 11 is 0. The van der Waals surface area contributed by atoms with Crippen LogP contribution in [0, 0.1) is 0 Å². The van der Waals surface area contributed by atoms with Gasteiger partial charge in [0.2, 0.25) is 0 Å². The third-order valence-electron chi connectivity index (χ3n) is 3.38. The molecule has 0 aliphatic rings. The van der Waals surface area contributed by atoms with E-state index in [0.29, 0.717) is 6.61 Å². The Labute approximate surface area is 130 Å². The zero-order valence-corrected chi connectivity index (χ0v) is 14.1. The summed E-state index contributed by atoms with van der Waals surface area (Å²) in [6.07, 6.45) is 12.5. The highest BCUT2D eigenvalue weighted by atomic mass is 16.7. The van der Waals surface area contributed by atoms with Crippen LogP contribution in [0.15, 0.2) is 12.0 Å². The summed E-state index contributed by atoms with van der Waals surface area (Å²) in [5, 5.41) is 9.09. The van der Waals surface area contributed by atoms with Gasteiger partial charge in [-0.3, -0.25) is 0 Å². The largest absolute Gasteiger partial charge is 0.481 e. The molecule has 0 heterocycles. The second-order valence-electron chi connectivity index (χ2n) is 5.26. The first-order valence-electron chi connectivity index (χ1n) is 8.37. The first-order chi connectivity index (χ1) is 10.2. The van der Waals surface area contributed by atoms with Gasteiger partial charge in [-0.25, -0.2) is 0 Å². The van der Waals surface area contributed by atoms with Crippen LogP contribution in [0.3, 0.4) is 0 Å². The van der Waals surface area contributed by atoms with Crippen LogP contribution in [-0.4, -0.2) is 31.7 Å². The molecule has 21 heavy (non-hydrogen) atoms. The second kappa shape index (κ2) is 15.6. The smallest absolute Gasteiger partial charge is 0.272 e. The monoisotopic (exact) mass is 302 g/mol. The summed E-state index contributed by atoms with van der Waals surface area (Å²) in [5.74, 6) is 0.0378. The van der Waals surface area contributed by atoms with Crippen molar-refractivity contribution in [3.05, 3.63) is 12.0 Å². The standard InChI is InChI=1S/C17H34O4/c1-4-20-16(2)21-15-13-11-9-7-5-6-8-10-12-14-17(18)19-3/h14,16,18H,4-13,15H2,1-3H3/b17-14+. The lowest BCUT2D eigenvalue weighted by molar-refractivity contribution is -0.127. The van der Waals surface area contributed by atoms with Crippen molar-refractivity contribution in [2.45, 2.75) is 77.9 Å². The summed E-state index contributed by atoms with van der Waals surface area (Å²) in [7, 11) is 1.48. The minimum atomic E-state index is -0.0680. The van der Waals surface area contributed by atoms with Crippen molar-refractivity contribution < 1.29 is 19.3 Å². The number of methoxy groups -OCH3 is 1. The molecule has 0 rings (SSSR count). The molecule has 0 spiro atoms. The molecule has 1 unspecified atom stereocenters. The van der Waals surface area contributed by atoms with E-state index in [1.165, 1.54) is 45.6 Å². The Morgan fingerprint density at radius 1 is 0.952 bits per heavy atom. The van der Waals surface area contributed by atoms with Crippen molar-refractivity contribution in [3.63, 3.8) is 0 Å². The van der Waals surface area contributed by atoms with Gasteiger partial charge < -0.3 is 19.3 Å². The van der Waals surface area contributed by atoms with E-state index in [1.807, 2.05) is 13.8 Å². The molecular formula is C17H34O4. The first kappa shape index (κ1) is 20.3. The number of unbranched alkanes of at least 4 members (excludes halogenated alkanes) is 8. The van der Waals surface area contributed by atoms with Crippen LogP contribution in [0.25, 0.3) is 0 Å². The zero-order chi connectivity index (χ0) is 15.8. The minimum absolute atomic E-state index is 0.0378. The van der Waals surface area contributed by atoms with Crippen molar-refractivity contribution >= 4 is 0 Å². The molecular weight excluding hydrogens is 268 g/mol. The van der Waals surface area contributed by atoms with Crippen LogP contribution in [0.4, 0.5) is 0 Å². The number of allylic oxidation sites excluding steroid dienone is 1. The van der Waals surface area contributed by atoms with Gasteiger partial charge in [0.25, 0.3) is 5.95 Å². The molecule has 0 aliphatic heterocycles. The number of aliphatic hydroxyl groups is 1. The third-order valence-corrected chi connectivity index (χ3v) is 3.38. The number of hydrogen-bond donors (Lipinski definition) is 1. The fourth-order valence-corrected chi connectivity index (χ4v) is 2.15. The Bertz CT molecular complexity index is 241. The van der Waals surface area contributed by atoms with E-state index < -0.39 is 0 Å². The average molecular weight is 302 g/mol. The fourth-order valence-electron chi connectivity index (χ4n) is 2.15. The van der Waals surface area contributed by atoms with Gasteiger partial charge in [-0.15, -0.1) is 0 Å². The SMILES string of the molecule is CCOC(C)OCCCCCCCCCC/C=C(\O)OC. The van der Waals surface area contributed by atoms with Gasteiger partial charge in [-0.05, 0) is 39.2 Å². The molecule has 0 radical (unpaired) electrons. The van der Waals surface area contributed by atoms with Gasteiger partial charge in [0.1, 0.15) is 0 Å². The lowest BCUT2D eigenvalue weighted by atomic mass is 10.1. The number of aliphatic hydroxyl groups excluding tert-OH is 1. The van der Waals surface area contributed by atoms with Gasteiger partial charge in [-0.1, -0.05) is 38.5 Å². The van der Waals surface area contributed by atoms with Crippen LogP contribution in [-0.2, 0) is 14.2 Å². The summed E-state index contributed by atoms with van der Waals surface area (Å²) in [5.41, 5.74) is 0. The Balaban J connectivity index is 3.12. The number of hydrogen-bond acceptors (Lipinski definition) is 4. The quantitative estimate of drug-likeness (QED) is 0.264. The first-order valence-corrected chi connectivity index (χ1v) is 8.37. The van der Waals surface area contributed by atoms with E-state index in [1.54, 1.807) is 6.08 Å².